The molecule has 0 radical (unpaired) electrons. The second-order valence-electron chi connectivity index (χ2n) is 10.0. The van der Waals surface area contributed by atoms with Gasteiger partial charge in [0.1, 0.15) is 5.70 Å². The second kappa shape index (κ2) is 15.2. The Morgan fingerprint density at radius 1 is 0.733 bits per heavy atom. The van der Waals surface area contributed by atoms with Crippen LogP contribution in [-0.2, 0) is 9.59 Å². The molecule has 0 bridgehead atoms. The van der Waals surface area contributed by atoms with Gasteiger partial charge in [-0.15, -0.1) is 11.8 Å². The Balaban J connectivity index is 1.34. The summed E-state index contributed by atoms with van der Waals surface area (Å²) >= 11 is 4.82. The zero-order valence-corrected chi connectivity index (χ0v) is 26.8. The number of hydrogen-bond acceptors (Lipinski definition) is 4. The molecule has 0 spiro atoms. The zero-order valence-electron chi connectivity index (χ0n) is 24.4. The van der Waals surface area contributed by atoms with E-state index in [2.05, 4.69) is 26.6 Å². The highest BCUT2D eigenvalue weighted by Crippen LogP contribution is 2.32. The lowest BCUT2D eigenvalue weighted by Crippen LogP contribution is -2.32. The van der Waals surface area contributed by atoms with Gasteiger partial charge in [0.05, 0.1) is 5.25 Å². The molecule has 0 saturated carbocycles. The Hall–Kier alpha value is -4.92. The van der Waals surface area contributed by atoms with Gasteiger partial charge < -0.3 is 10.6 Å². The van der Waals surface area contributed by atoms with Crippen LogP contribution in [0.1, 0.15) is 22.8 Å². The average molecular weight is 677 g/mol. The van der Waals surface area contributed by atoms with E-state index >= 15 is 0 Å². The minimum absolute atomic E-state index is 0.0739. The first kappa shape index (κ1) is 31.5. The number of thioether (sulfide) groups is 1. The molecule has 1 unspecified atom stereocenters. The first-order chi connectivity index (χ1) is 21.9. The highest BCUT2D eigenvalue weighted by Gasteiger charge is 2.24. The van der Waals surface area contributed by atoms with Crippen molar-refractivity contribution in [2.45, 2.75) is 17.1 Å². The monoisotopic (exact) mass is 675 g/mol. The van der Waals surface area contributed by atoms with Gasteiger partial charge in [-0.25, -0.2) is 0 Å². The third kappa shape index (κ3) is 8.59. The maximum absolute atomic E-state index is 13.8. The lowest BCUT2D eigenvalue weighted by Gasteiger charge is -2.26. The van der Waals surface area contributed by atoms with Crippen LogP contribution < -0.4 is 15.5 Å². The third-order valence-corrected chi connectivity index (χ3v) is 8.32. The predicted octanol–water partition coefficient (Wildman–Crippen LogP) is 8.70. The summed E-state index contributed by atoms with van der Waals surface area (Å²) < 4.78 is 0.900. The van der Waals surface area contributed by atoms with Crippen molar-refractivity contribution < 1.29 is 14.4 Å². The molecule has 0 aliphatic carbocycles. The molecule has 5 aromatic carbocycles. The molecule has 5 aromatic rings. The lowest BCUT2D eigenvalue weighted by atomic mass is 10.1. The van der Waals surface area contributed by atoms with E-state index in [0.717, 1.165) is 26.3 Å². The summed E-state index contributed by atoms with van der Waals surface area (Å²) in [5.41, 5.74) is 3.37. The molecule has 0 aliphatic rings. The Labute approximate surface area is 275 Å². The van der Waals surface area contributed by atoms with Gasteiger partial charge >= 0.3 is 0 Å². The number of halogens is 1. The van der Waals surface area contributed by atoms with Gasteiger partial charge in [0.2, 0.25) is 5.91 Å². The molecule has 6 nitrogen and oxygen atoms in total. The molecule has 8 heteroatoms. The summed E-state index contributed by atoms with van der Waals surface area (Å²) in [6, 6.07) is 42.5. The van der Waals surface area contributed by atoms with Crippen LogP contribution in [0.3, 0.4) is 0 Å². The SMILES string of the molecule is CC(Sc1cccc(NC(=O)/C(=C/c2ccc(Br)cc2)NC(=O)c2ccccc2)c1)C(=O)N(c1ccccc1)c1ccccc1. The summed E-state index contributed by atoms with van der Waals surface area (Å²) in [5.74, 6) is -0.949. The number of nitrogens with one attached hydrogen (secondary N) is 2. The number of para-hydroxylation sites is 2. The summed E-state index contributed by atoms with van der Waals surface area (Å²) in [6.07, 6.45) is 1.63. The van der Waals surface area contributed by atoms with E-state index < -0.39 is 17.1 Å². The molecule has 0 fully saturated rings. The highest BCUT2D eigenvalue weighted by atomic mass is 79.9. The van der Waals surface area contributed by atoms with Crippen molar-refractivity contribution in [1.29, 1.82) is 0 Å². The fraction of sp³-hybridized carbons (Fsp3) is 0.0541. The van der Waals surface area contributed by atoms with Crippen molar-refractivity contribution in [2.24, 2.45) is 0 Å². The summed E-state index contributed by atoms with van der Waals surface area (Å²) in [4.78, 5) is 42.8. The molecule has 45 heavy (non-hydrogen) atoms. The van der Waals surface area contributed by atoms with Gasteiger partial charge in [-0.1, -0.05) is 88.7 Å². The van der Waals surface area contributed by atoms with E-state index in [9.17, 15) is 14.4 Å². The van der Waals surface area contributed by atoms with Crippen molar-refractivity contribution >= 4 is 68.6 Å². The van der Waals surface area contributed by atoms with Crippen molar-refractivity contribution in [2.75, 3.05) is 10.2 Å². The smallest absolute Gasteiger partial charge is 0.272 e. The number of benzene rings is 5. The summed E-state index contributed by atoms with van der Waals surface area (Å²) in [6.45, 7) is 1.87. The quantitative estimate of drug-likeness (QED) is 0.115. The number of anilines is 3. The van der Waals surface area contributed by atoms with Crippen molar-refractivity contribution in [3.8, 4) is 0 Å². The van der Waals surface area contributed by atoms with Crippen LogP contribution in [0.2, 0.25) is 0 Å². The standard InChI is InChI=1S/C37H30BrN3O3S/c1-26(37(44)41(31-15-7-3-8-16-31)32-17-9-4-10-18-32)45-33-19-11-14-30(25-33)39-36(43)34(24-27-20-22-29(38)23-21-27)40-35(42)28-12-5-2-6-13-28/h2-26H,1H3,(H,39,43)(H,40,42)/b34-24-. The summed E-state index contributed by atoms with van der Waals surface area (Å²) in [5, 5.41) is 5.24. The second-order valence-corrected chi connectivity index (χ2v) is 12.3. The molecule has 0 heterocycles. The molecule has 3 amide bonds. The van der Waals surface area contributed by atoms with E-state index in [1.165, 1.54) is 11.8 Å². The van der Waals surface area contributed by atoms with Gasteiger partial charge in [0.15, 0.2) is 0 Å². The maximum atomic E-state index is 13.8. The molecule has 0 aromatic heterocycles. The van der Waals surface area contributed by atoms with Crippen molar-refractivity contribution in [3.63, 3.8) is 0 Å². The number of carbonyl (C=O) groups is 3. The van der Waals surface area contributed by atoms with Crippen LogP contribution in [0.15, 0.2) is 155 Å². The minimum atomic E-state index is -0.479. The topological polar surface area (TPSA) is 78.5 Å². The van der Waals surface area contributed by atoms with Crippen LogP contribution in [0.5, 0.6) is 0 Å². The molecule has 0 aliphatic heterocycles. The molecule has 0 saturated heterocycles. The lowest BCUT2D eigenvalue weighted by molar-refractivity contribution is -0.117. The molecule has 5 rings (SSSR count). The number of hydrogen-bond donors (Lipinski definition) is 2. The zero-order chi connectivity index (χ0) is 31.6. The third-order valence-electron chi connectivity index (χ3n) is 6.71. The van der Waals surface area contributed by atoms with Crippen molar-refractivity contribution in [3.05, 3.63) is 161 Å². The molecule has 1 atom stereocenters. The Morgan fingerprint density at radius 3 is 1.91 bits per heavy atom. The Bertz CT molecular complexity index is 1760. The largest absolute Gasteiger partial charge is 0.321 e. The molecular weight excluding hydrogens is 646 g/mol. The maximum Gasteiger partial charge on any atom is 0.272 e. The number of carbonyl (C=O) groups excluding carboxylic acids is 3. The van der Waals surface area contributed by atoms with Crippen LogP contribution in [0.25, 0.3) is 6.08 Å². The molecule has 224 valence electrons. The van der Waals surface area contributed by atoms with Crippen molar-refractivity contribution in [1.82, 2.24) is 5.32 Å². The first-order valence-corrected chi connectivity index (χ1v) is 15.9. The molecular formula is C37H30BrN3O3S. The number of nitrogens with zero attached hydrogens (tertiary/aromatic N) is 1. The summed E-state index contributed by atoms with van der Waals surface area (Å²) in [7, 11) is 0. The van der Waals surface area contributed by atoms with E-state index in [1.807, 2.05) is 116 Å². The Morgan fingerprint density at radius 2 is 1.31 bits per heavy atom. The first-order valence-electron chi connectivity index (χ1n) is 14.2. The normalized spacial score (nSPS) is 11.7. The van der Waals surface area contributed by atoms with Crippen LogP contribution in [-0.4, -0.2) is 23.0 Å². The number of amides is 3. The predicted molar refractivity (Wildman–Crippen MR) is 186 cm³/mol. The number of rotatable bonds is 10. The van der Waals surface area contributed by atoms with Gasteiger partial charge in [0.25, 0.3) is 11.8 Å². The van der Waals surface area contributed by atoms with Gasteiger partial charge in [-0.3, -0.25) is 19.3 Å². The van der Waals surface area contributed by atoms with Crippen LogP contribution >= 0.6 is 27.7 Å². The van der Waals surface area contributed by atoms with E-state index in [-0.39, 0.29) is 11.6 Å². The van der Waals surface area contributed by atoms with Crippen LogP contribution in [0, 0.1) is 0 Å². The van der Waals surface area contributed by atoms with E-state index in [0.29, 0.717) is 11.3 Å². The van der Waals surface area contributed by atoms with Gasteiger partial charge in [-0.2, -0.15) is 0 Å². The van der Waals surface area contributed by atoms with Gasteiger partial charge in [0, 0.05) is 32.0 Å². The minimum Gasteiger partial charge on any atom is -0.321 e. The fourth-order valence-corrected chi connectivity index (χ4v) is 5.74. The average Bonchev–Trinajstić information content (AvgIpc) is 3.07. The Kier molecular flexibility index (Phi) is 10.6. The fourth-order valence-electron chi connectivity index (χ4n) is 4.51. The van der Waals surface area contributed by atoms with E-state index in [1.54, 1.807) is 41.3 Å². The van der Waals surface area contributed by atoms with Gasteiger partial charge in [-0.05, 0) is 85.3 Å². The highest BCUT2D eigenvalue weighted by molar-refractivity contribution is 9.10. The molecule has 2 N–H and O–H groups in total. The van der Waals surface area contributed by atoms with Crippen LogP contribution in [0.4, 0.5) is 17.1 Å². The van der Waals surface area contributed by atoms with E-state index in [4.69, 9.17) is 0 Å².